The van der Waals surface area contributed by atoms with Crippen LogP contribution in [0.5, 0.6) is 5.75 Å². The van der Waals surface area contributed by atoms with Crippen LogP contribution in [0.15, 0.2) is 24.3 Å². The van der Waals surface area contributed by atoms with Gasteiger partial charge in [0.1, 0.15) is 5.75 Å². The normalized spacial score (nSPS) is 16.9. The van der Waals surface area contributed by atoms with Crippen molar-refractivity contribution in [2.24, 2.45) is 5.92 Å². The fourth-order valence-electron chi connectivity index (χ4n) is 1.84. The van der Waals surface area contributed by atoms with E-state index in [-0.39, 0.29) is 0 Å². The van der Waals surface area contributed by atoms with E-state index in [1.165, 1.54) is 18.5 Å². The van der Waals surface area contributed by atoms with Crippen molar-refractivity contribution in [3.63, 3.8) is 0 Å². The van der Waals surface area contributed by atoms with E-state index in [9.17, 15) is 0 Å². The summed E-state index contributed by atoms with van der Waals surface area (Å²) >= 11 is 0. The molecule has 2 nitrogen and oxygen atoms in total. The third-order valence-electron chi connectivity index (χ3n) is 3.05. The maximum absolute atomic E-state index is 5.55. The van der Waals surface area contributed by atoms with E-state index in [4.69, 9.17) is 4.74 Å². The lowest BCUT2D eigenvalue weighted by Gasteiger charge is -2.14. The van der Waals surface area contributed by atoms with Crippen molar-refractivity contribution in [3.8, 4) is 5.75 Å². The second kappa shape index (κ2) is 5.24. The zero-order chi connectivity index (χ0) is 11.4. The van der Waals surface area contributed by atoms with Crippen molar-refractivity contribution in [1.29, 1.82) is 0 Å². The first-order chi connectivity index (χ1) is 7.79. The second-order valence-electron chi connectivity index (χ2n) is 4.64. The minimum Gasteiger partial charge on any atom is -0.494 e. The van der Waals surface area contributed by atoms with Crippen LogP contribution < -0.4 is 10.1 Å². The van der Waals surface area contributed by atoms with Gasteiger partial charge in [0.2, 0.25) is 0 Å². The van der Waals surface area contributed by atoms with Gasteiger partial charge in [-0.3, -0.25) is 0 Å². The number of hydrogen-bond acceptors (Lipinski definition) is 2. The molecule has 1 fully saturated rings. The van der Waals surface area contributed by atoms with Crippen LogP contribution in [0, 0.1) is 5.92 Å². The summed E-state index contributed by atoms with van der Waals surface area (Å²) in [5, 5.41) is 3.53. The lowest BCUT2D eigenvalue weighted by atomic mass is 10.2. The number of ether oxygens (including phenoxy) is 1. The molecule has 1 N–H and O–H groups in total. The number of anilines is 1. The van der Waals surface area contributed by atoms with Gasteiger partial charge in [-0.2, -0.15) is 0 Å². The van der Waals surface area contributed by atoms with E-state index >= 15 is 0 Å². The van der Waals surface area contributed by atoms with Crippen molar-refractivity contribution in [2.45, 2.75) is 39.2 Å². The number of nitrogens with one attached hydrogen (secondary N) is 1. The molecule has 1 aliphatic carbocycles. The first kappa shape index (κ1) is 11.3. The zero-order valence-electron chi connectivity index (χ0n) is 10.2. The average Bonchev–Trinajstić information content (AvgIpc) is 3.12. The van der Waals surface area contributed by atoms with E-state index in [0.29, 0.717) is 6.04 Å². The molecular formula is C14H21NO. The summed E-state index contributed by atoms with van der Waals surface area (Å²) in [6.07, 6.45) is 3.82. The molecule has 2 rings (SSSR count). The summed E-state index contributed by atoms with van der Waals surface area (Å²) in [4.78, 5) is 0. The highest BCUT2D eigenvalue weighted by Gasteiger charge is 2.27. The molecule has 0 aliphatic heterocycles. The third kappa shape index (κ3) is 3.16. The van der Waals surface area contributed by atoms with Crippen LogP contribution in [0.2, 0.25) is 0 Å². The Morgan fingerprint density at radius 2 is 2.00 bits per heavy atom. The maximum Gasteiger partial charge on any atom is 0.119 e. The minimum absolute atomic E-state index is 0.599. The Hall–Kier alpha value is -1.18. The van der Waals surface area contributed by atoms with Gasteiger partial charge in [-0.25, -0.2) is 0 Å². The molecule has 1 aromatic rings. The molecule has 0 spiro atoms. The molecule has 1 atom stereocenters. The molecule has 1 aromatic carbocycles. The van der Waals surface area contributed by atoms with Crippen LogP contribution in [0.1, 0.15) is 33.1 Å². The standard InChI is InChI=1S/C14H21NO/c1-3-10-16-14-8-6-13(7-9-14)15-11(2)12-4-5-12/h6-9,11-12,15H,3-5,10H2,1-2H3. The maximum atomic E-state index is 5.55. The van der Waals surface area contributed by atoms with Crippen molar-refractivity contribution in [2.75, 3.05) is 11.9 Å². The molecular weight excluding hydrogens is 198 g/mol. The molecule has 1 unspecified atom stereocenters. The molecule has 1 aliphatic rings. The van der Waals surface area contributed by atoms with Crippen molar-refractivity contribution >= 4 is 5.69 Å². The Kier molecular flexibility index (Phi) is 3.70. The van der Waals surface area contributed by atoms with Gasteiger partial charge >= 0.3 is 0 Å². The van der Waals surface area contributed by atoms with Gasteiger partial charge in [0.05, 0.1) is 6.61 Å². The van der Waals surface area contributed by atoms with E-state index in [1.54, 1.807) is 0 Å². The first-order valence-corrected chi connectivity index (χ1v) is 6.29. The molecule has 0 heterocycles. The highest BCUT2D eigenvalue weighted by atomic mass is 16.5. The molecule has 0 saturated heterocycles. The second-order valence-corrected chi connectivity index (χ2v) is 4.64. The van der Waals surface area contributed by atoms with Crippen LogP contribution in [-0.4, -0.2) is 12.6 Å². The Bertz CT molecular complexity index is 316. The quantitative estimate of drug-likeness (QED) is 0.788. The van der Waals surface area contributed by atoms with E-state index in [2.05, 4.69) is 31.3 Å². The fraction of sp³-hybridized carbons (Fsp3) is 0.571. The van der Waals surface area contributed by atoms with Gasteiger partial charge in [-0.1, -0.05) is 6.92 Å². The fourth-order valence-corrected chi connectivity index (χ4v) is 1.84. The van der Waals surface area contributed by atoms with Gasteiger partial charge in [0, 0.05) is 11.7 Å². The third-order valence-corrected chi connectivity index (χ3v) is 3.05. The Labute approximate surface area is 98.0 Å². The van der Waals surface area contributed by atoms with Gasteiger partial charge in [-0.15, -0.1) is 0 Å². The van der Waals surface area contributed by atoms with E-state index in [0.717, 1.165) is 24.7 Å². The summed E-state index contributed by atoms with van der Waals surface area (Å²) in [6.45, 7) is 5.18. The summed E-state index contributed by atoms with van der Waals surface area (Å²) in [7, 11) is 0. The summed E-state index contributed by atoms with van der Waals surface area (Å²) in [5.41, 5.74) is 1.20. The predicted octanol–water partition coefficient (Wildman–Crippen LogP) is 3.69. The van der Waals surface area contributed by atoms with Crippen molar-refractivity contribution in [3.05, 3.63) is 24.3 Å². The molecule has 16 heavy (non-hydrogen) atoms. The largest absolute Gasteiger partial charge is 0.494 e. The smallest absolute Gasteiger partial charge is 0.119 e. The van der Waals surface area contributed by atoms with Gasteiger partial charge in [0.25, 0.3) is 0 Å². The molecule has 88 valence electrons. The van der Waals surface area contributed by atoms with Crippen molar-refractivity contribution < 1.29 is 4.74 Å². The number of benzene rings is 1. The highest BCUT2D eigenvalue weighted by Crippen LogP contribution is 2.34. The first-order valence-electron chi connectivity index (χ1n) is 6.29. The molecule has 2 heteroatoms. The zero-order valence-corrected chi connectivity index (χ0v) is 10.2. The molecule has 0 radical (unpaired) electrons. The van der Waals surface area contributed by atoms with Crippen LogP contribution >= 0.6 is 0 Å². The Morgan fingerprint density at radius 1 is 1.31 bits per heavy atom. The summed E-state index contributed by atoms with van der Waals surface area (Å²) in [5.74, 6) is 1.85. The minimum atomic E-state index is 0.599. The SMILES string of the molecule is CCCOc1ccc(NC(C)C2CC2)cc1. The average molecular weight is 219 g/mol. The van der Waals surface area contributed by atoms with Crippen molar-refractivity contribution in [1.82, 2.24) is 0 Å². The lowest BCUT2D eigenvalue weighted by Crippen LogP contribution is -2.16. The Balaban J connectivity index is 1.85. The number of rotatable bonds is 6. The van der Waals surface area contributed by atoms with Crippen LogP contribution in [0.4, 0.5) is 5.69 Å². The molecule has 0 bridgehead atoms. The summed E-state index contributed by atoms with van der Waals surface area (Å²) in [6, 6.07) is 8.88. The number of hydrogen-bond donors (Lipinski definition) is 1. The molecule has 0 amide bonds. The van der Waals surface area contributed by atoms with E-state index < -0.39 is 0 Å². The lowest BCUT2D eigenvalue weighted by molar-refractivity contribution is 0.317. The van der Waals surface area contributed by atoms with Crippen LogP contribution in [0.3, 0.4) is 0 Å². The predicted molar refractivity (Wildman–Crippen MR) is 68.0 cm³/mol. The molecule has 0 aromatic heterocycles. The van der Waals surface area contributed by atoms with Crippen LogP contribution in [-0.2, 0) is 0 Å². The summed E-state index contributed by atoms with van der Waals surface area (Å²) < 4.78 is 5.55. The highest BCUT2D eigenvalue weighted by molar-refractivity contribution is 5.47. The molecule has 1 saturated carbocycles. The van der Waals surface area contributed by atoms with Gasteiger partial charge in [0.15, 0.2) is 0 Å². The van der Waals surface area contributed by atoms with Gasteiger partial charge < -0.3 is 10.1 Å². The van der Waals surface area contributed by atoms with Crippen LogP contribution in [0.25, 0.3) is 0 Å². The topological polar surface area (TPSA) is 21.3 Å². The van der Waals surface area contributed by atoms with Gasteiger partial charge in [-0.05, 0) is 56.4 Å². The monoisotopic (exact) mass is 219 g/mol. The Morgan fingerprint density at radius 3 is 2.56 bits per heavy atom. The van der Waals surface area contributed by atoms with E-state index in [1.807, 2.05) is 12.1 Å².